The minimum Gasteiger partial charge on any atom is -0.482 e. The summed E-state index contributed by atoms with van der Waals surface area (Å²) in [6.45, 7) is 6.30. The van der Waals surface area contributed by atoms with E-state index in [-0.39, 0.29) is 23.5 Å². The summed E-state index contributed by atoms with van der Waals surface area (Å²) in [4.78, 5) is 27.9. The monoisotopic (exact) mass is 356 g/mol. The van der Waals surface area contributed by atoms with Gasteiger partial charge in [0.15, 0.2) is 5.75 Å². The molecule has 1 aromatic rings. The summed E-state index contributed by atoms with van der Waals surface area (Å²) in [5, 5.41) is 13.0. The Balaban J connectivity index is 2.05. The molecular weight excluding hydrogens is 336 g/mol. The van der Waals surface area contributed by atoms with Crippen LogP contribution >= 0.6 is 11.6 Å². The number of ether oxygens (including phenoxy) is 1. The molecule has 1 fully saturated rings. The van der Waals surface area contributed by atoms with E-state index in [4.69, 9.17) is 21.2 Å². The maximum Gasteiger partial charge on any atom is 0.330 e. The summed E-state index contributed by atoms with van der Waals surface area (Å²) < 4.78 is 5.77. The molecule has 0 saturated carbocycles. The number of nitrogens with zero attached hydrogens (tertiary/aromatic N) is 2. The highest BCUT2D eigenvalue weighted by molar-refractivity contribution is 6.30. The quantitative estimate of drug-likeness (QED) is 0.605. The predicted molar refractivity (Wildman–Crippen MR) is 88.9 cm³/mol. The van der Waals surface area contributed by atoms with Crippen LogP contribution in [0.3, 0.4) is 0 Å². The van der Waals surface area contributed by atoms with Crippen molar-refractivity contribution in [2.24, 2.45) is 5.41 Å². The van der Waals surface area contributed by atoms with Gasteiger partial charge in [-0.25, -0.2) is 4.79 Å². The van der Waals surface area contributed by atoms with Crippen LogP contribution in [0.5, 0.6) is 5.75 Å². The standard InChI is InChI=1S/C16H21ClN2O5/c1-16(2,3)15(20)24-18-8-4-5-12(10-18)23-14-9-11(17)6-7-13(14)19(21)22/h6-7,9,12H,4-5,8,10H2,1-3H3/t12-/m0/s1. The highest BCUT2D eigenvalue weighted by atomic mass is 35.5. The van der Waals surface area contributed by atoms with Crippen molar-refractivity contribution in [1.82, 2.24) is 5.06 Å². The highest BCUT2D eigenvalue weighted by Crippen LogP contribution is 2.32. The van der Waals surface area contributed by atoms with Crippen LogP contribution in [0.25, 0.3) is 0 Å². The molecule has 0 spiro atoms. The number of nitro benzene ring substituents is 1. The molecule has 1 aliphatic heterocycles. The zero-order valence-corrected chi connectivity index (χ0v) is 14.7. The van der Waals surface area contributed by atoms with E-state index in [0.717, 1.165) is 6.42 Å². The van der Waals surface area contributed by atoms with Crippen LogP contribution in [0, 0.1) is 15.5 Å². The van der Waals surface area contributed by atoms with Crippen LogP contribution in [0.15, 0.2) is 18.2 Å². The van der Waals surface area contributed by atoms with E-state index in [2.05, 4.69) is 0 Å². The Morgan fingerprint density at radius 1 is 1.42 bits per heavy atom. The molecule has 0 aromatic heterocycles. The van der Waals surface area contributed by atoms with E-state index in [9.17, 15) is 14.9 Å². The number of hydrogen-bond donors (Lipinski definition) is 0. The Morgan fingerprint density at radius 2 is 2.12 bits per heavy atom. The van der Waals surface area contributed by atoms with Crippen molar-refractivity contribution in [1.29, 1.82) is 0 Å². The van der Waals surface area contributed by atoms with Gasteiger partial charge in [0.1, 0.15) is 6.10 Å². The van der Waals surface area contributed by atoms with Crippen LogP contribution in [0.4, 0.5) is 5.69 Å². The zero-order valence-electron chi connectivity index (χ0n) is 14.0. The van der Waals surface area contributed by atoms with Gasteiger partial charge in [0.25, 0.3) is 0 Å². The van der Waals surface area contributed by atoms with Crippen molar-refractivity contribution in [3.63, 3.8) is 0 Å². The van der Waals surface area contributed by atoms with Crippen molar-refractivity contribution in [2.45, 2.75) is 39.7 Å². The van der Waals surface area contributed by atoms with E-state index in [1.54, 1.807) is 25.8 Å². The van der Waals surface area contributed by atoms with Crippen molar-refractivity contribution in [3.8, 4) is 5.75 Å². The summed E-state index contributed by atoms with van der Waals surface area (Å²) in [5.41, 5.74) is -0.734. The smallest absolute Gasteiger partial charge is 0.330 e. The number of nitro groups is 1. The molecule has 1 saturated heterocycles. The lowest BCUT2D eigenvalue weighted by Gasteiger charge is -2.32. The number of carbonyl (C=O) groups excluding carboxylic acids is 1. The van der Waals surface area contributed by atoms with Gasteiger partial charge in [-0.2, -0.15) is 0 Å². The Bertz CT molecular complexity index is 629. The molecule has 7 nitrogen and oxygen atoms in total. The van der Waals surface area contributed by atoms with Crippen molar-refractivity contribution < 1.29 is 19.3 Å². The first kappa shape index (κ1) is 18.5. The summed E-state index contributed by atoms with van der Waals surface area (Å²) in [6, 6.07) is 4.20. The van der Waals surface area contributed by atoms with Crippen LogP contribution in [0.2, 0.25) is 5.02 Å². The number of hydrogen-bond acceptors (Lipinski definition) is 6. The van der Waals surface area contributed by atoms with Gasteiger partial charge in [0.05, 0.1) is 16.9 Å². The lowest BCUT2D eigenvalue weighted by molar-refractivity contribution is -0.386. The van der Waals surface area contributed by atoms with Gasteiger partial charge in [0, 0.05) is 23.7 Å². The molecule has 1 atom stereocenters. The zero-order chi connectivity index (χ0) is 17.9. The Hall–Kier alpha value is -1.86. The number of benzene rings is 1. The predicted octanol–water partition coefficient (Wildman–Crippen LogP) is 3.60. The maximum atomic E-state index is 12.0. The van der Waals surface area contributed by atoms with Gasteiger partial charge < -0.3 is 9.57 Å². The third-order valence-electron chi connectivity index (χ3n) is 3.58. The fourth-order valence-electron chi connectivity index (χ4n) is 2.25. The summed E-state index contributed by atoms with van der Waals surface area (Å²) >= 11 is 5.90. The molecule has 8 heteroatoms. The molecule has 0 bridgehead atoms. The van der Waals surface area contributed by atoms with Gasteiger partial charge in [-0.15, -0.1) is 5.06 Å². The average molecular weight is 357 g/mol. The number of carbonyl (C=O) groups is 1. The van der Waals surface area contributed by atoms with Crippen LogP contribution in [-0.2, 0) is 9.63 Å². The third kappa shape index (κ3) is 4.82. The average Bonchev–Trinajstić information content (AvgIpc) is 2.46. The Labute approximate surface area is 145 Å². The fourth-order valence-corrected chi connectivity index (χ4v) is 2.41. The van der Waals surface area contributed by atoms with Gasteiger partial charge in [-0.05, 0) is 39.7 Å². The third-order valence-corrected chi connectivity index (χ3v) is 3.81. The van der Waals surface area contributed by atoms with Gasteiger partial charge in [-0.1, -0.05) is 11.6 Å². The lowest BCUT2D eigenvalue weighted by atomic mass is 9.98. The first-order chi connectivity index (χ1) is 11.2. The summed E-state index contributed by atoms with van der Waals surface area (Å²) in [7, 11) is 0. The molecule has 0 N–H and O–H groups in total. The SMILES string of the molecule is CC(C)(C)C(=O)ON1CCC[C@H](Oc2cc(Cl)ccc2[N+](=O)[O-])C1. The van der Waals surface area contributed by atoms with Crippen molar-refractivity contribution in [2.75, 3.05) is 13.1 Å². The molecule has 0 amide bonds. The van der Waals surface area contributed by atoms with Crippen LogP contribution in [-0.4, -0.2) is 35.1 Å². The molecule has 1 aliphatic rings. The summed E-state index contributed by atoms with van der Waals surface area (Å²) in [5.74, 6) is -0.196. The van der Waals surface area contributed by atoms with Crippen molar-refractivity contribution in [3.05, 3.63) is 33.3 Å². The van der Waals surface area contributed by atoms with Gasteiger partial charge in [-0.3, -0.25) is 10.1 Å². The fraction of sp³-hybridized carbons (Fsp3) is 0.562. The Kier molecular flexibility index (Phi) is 5.66. The van der Waals surface area contributed by atoms with E-state index in [1.165, 1.54) is 18.2 Å². The minimum absolute atomic E-state index is 0.126. The molecule has 132 valence electrons. The molecular formula is C16H21ClN2O5. The lowest BCUT2D eigenvalue weighted by Crippen LogP contribution is -2.43. The minimum atomic E-state index is -0.598. The second-order valence-corrected chi connectivity index (χ2v) is 7.20. The molecule has 0 unspecified atom stereocenters. The second kappa shape index (κ2) is 7.36. The molecule has 0 aliphatic carbocycles. The van der Waals surface area contributed by atoms with Crippen molar-refractivity contribution >= 4 is 23.3 Å². The van der Waals surface area contributed by atoms with Gasteiger partial charge in [0.2, 0.25) is 0 Å². The number of piperidine rings is 1. The van der Waals surface area contributed by atoms with Crippen LogP contribution in [0.1, 0.15) is 33.6 Å². The molecule has 2 rings (SSSR count). The number of rotatable bonds is 4. The molecule has 0 radical (unpaired) electrons. The molecule has 1 aromatic carbocycles. The van der Waals surface area contributed by atoms with Crippen LogP contribution < -0.4 is 4.74 Å². The van der Waals surface area contributed by atoms with E-state index in [0.29, 0.717) is 24.5 Å². The number of halogens is 1. The normalized spacial score (nSPS) is 18.9. The van der Waals surface area contributed by atoms with Gasteiger partial charge >= 0.3 is 11.7 Å². The topological polar surface area (TPSA) is 81.9 Å². The number of hydroxylamine groups is 2. The van der Waals surface area contributed by atoms with E-state index < -0.39 is 10.3 Å². The highest BCUT2D eigenvalue weighted by Gasteiger charge is 2.30. The van der Waals surface area contributed by atoms with E-state index in [1.807, 2.05) is 0 Å². The summed E-state index contributed by atoms with van der Waals surface area (Å²) in [6.07, 6.45) is 1.16. The Morgan fingerprint density at radius 3 is 2.75 bits per heavy atom. The molecule has 1 heterocycles. The second-order valence-electron chi connectivity index (χ2n) is 6.77. The maximum absolute atomic E-state index is 12.0. The first-order valence-electron chi connectivity index (χ1n) is 7.75. The molecule has 24 heavy (non-hydrogen) atoms. The largest absolute Gasteiger partial charge is 0.482 e. The van der Waals surface area contributed by atoms with E-state index >= 15 is 0 Å². The first-order valence-corrected chi connectivity index (χ1v) is 8.12.